The first-order valence-electron chi connectivity index (χ1n) is 5.33. The maximum Gasteiger partial charge on any atom is 0.187 e. The Morgan fingerprint density at radius 2 is 2.07 bits per heavy atom. The zero-order valence-electron chi connectivity index (χ0n) is 9.58. The Balaban J connectivity index is 2.95. The van der Waals surface area contributed by atoms with Gasteiger partial charge in [0.25, 0.3) is 0 Å². The maximum absolute atomic E-state index is 11.9. The van der Waals surface area contributed by atoms with Gasteiger partial charge in [-0.3, -0.25) is 9.78 Å². The van der Waals surface area contributed by atoms with Crippen molar-refractivity contribution in [3.63, 3.8) is 0 Å². The predicted molar refractivity (Wildman–Crippen MR) is 62.0 cm³/mol. The fraction of sp³-hybridized carbons (Fsp3) is 0.385. The third-order valence-corrected chi connectivity index (χ3v) is 2.55. The van der Waals surface area contributed by atoms with Gasteiger partial charge in [0.05, 0.1) is 0 Å². The molecule has 0 unspecified atom stereocenters. The van der Waals surface area contributed by atoms with Crippen LogP contribution >= 0.6 is 0 Å². The highest BCUT2D eigenvalue weighted by molar-refractivity contribution is 6.05. The van der Waals surface area contributed by atoms with E-state index in [9.17, 15) is 4.79 Å². The van der Waals surface area contributed by atoms with Crippen LogP contribution in [0.3, 0.4) is 0 Å². The molecular weight excluding hydrogens is 186 g/mol. The predicted octanol–water partition coefficient (Wildman–Crippen LogP) is 3.32. The van der Waals surface area contributed by atoms with Crippen molar-refractivity contribution in [2.75, 3.05) is 0 Å². The summed E-state index contributed by atoms with van der Waals surface area (Å²) >= 11 is 0. The van der Waals surface area contributed by atoms with Crippen LogP contribution in [-0.2, 0) is 0 Å². The first-order chi connectivity index (χ1) is 7.19. The van der Waals surface area contributed by atoms with Crippen molar-refractivity contribution in [3.8, 4) is 0 Å². The molecule has 0 spiro atoms. The fourth-order valence-electron chi connectivity index (χ4n) is 1.44. The van der Waals surface area contributed by atoms with Crippen LogP contribution in [0.4, 0.5) is 0 Å². The van der Waals surface area contributed by atoms with E-state index in [4.69, 9.17) is 0 Å². The van der Waals surface area contributed by atoms with E-state index in [-0.39, 0.29) is 5.78 Å². The second-order valence-electron chi connectivity index (χ2n) is 3.56. The van der Waals surface area contributed by atoms with Gasteiger partial charge in [-0.05, 0) is 37.5 Å². The van der Waals surface area contributed by atoms with Crippen LogP contribution in [0.15, 0.2) is 30.1 Å². The standard InChI is InChI=1S/C13H17NO/c1-4-11(5-2)8-13(15)12-9-14-7-6-10(12)3/h6-9H,4-5H2,1-3H3. The van der Waals surface area contributed by atoms with E-state index in [2.05, 4.69) is 18.8 Å². The van der Waals surface area contributed by atoms with Gasteiger partial charge >= 0.3 is 0 Å². The molecule has 0 aliphatic rings. The molecule has 2 nitrogen and oxygen atoms in total. The Morgan fingerprint density at radius 1 is 1.40 bits per heavy atom. The molecule has 1 rings (SSSR count). The van der Waals surface area contributed by atoms with Crippen molar-refractivity contribution in [1.82, 2.24) is 4.98 Å². The normalized spacial score (nSPS) is 9.80. The minimum Gasteiger partial charge on any atom is -0.289 e. The molecule has 80 valence electrons. The third-order valence-electron chi connectivity index (χ3n) is 2.55. The average molecular weight is 203 g/mol. The maximum atomic E-state index is 11.9. The smallest absolute Gasteiger partial charge is 0.187 e. The van der Waals surface area contributed by atoms with Crippen LogP contribution in [0, 0.1) is 6.92 Å². The Bertz CT molecular complexity index is 374. The largest absolute Gasteiger partial charge is 0.289 e. The molecule has 0 saturated heterocycles. The van der Waals surface area contributed by atoms with Crippen molar-refractivity contribution in [2.24, 2.45) is 0 Å². The van der Waals surface area contributed by atoms with Crippen LogP contribution in [0.1, 0.15) is 42.6 Å². The van der Waals surface area contributed by atoms with Gasteiger partial charge in [-0.15, -0.1) is 0 Å². The van der Waals surface area contributed by atoms with E-state index >= 15 is 0 Å². The number of aryl methyl sites for hydroxylation is 1. The molecular formula is C13H17NO. The van der Waals surface area contributed by atoms with Crippen LogP contribution < -0.4 is 0 Å². The first kappa shape index (κ1) is 11.6. The van der Waals surface area contributed by atoms with Crippen molar-refractivity contribution in [3.05, 3.63) is 41.2 Å². The molecule has 0 radical (unpaired) electrons. The second kappa shape index (κ2) is 5.44. The van der Waals surface area contributed by atoms with E-state index in [1.54, 1.807) is 18.5 Å². The highest BCUT2D eigenvalue weighted by Gasteiger charge is 2.06. The zero-order chi connectivity index (χ0) is 11.3. The topological polar surface area (TPSA) is 30.0 Å². The van der Waals surface area contributed by atoms with Crippen LogP contribution in [0.2, 0.25) is 0 Å². The van der Waals surface area contributed by atoms with Gasteiger partial charge in [-0.25, -0.2) is 0 Å². The molecule has 0 aliphatic heterocycles. The Hall–Kier alpha value is -1.44. The Kier molecular flexibility index (Phi) is 4.22. The molecule has 0 bridgehead atoms. The summed E-state index contributed by atoms with van der Waals surface area (Å²) in [4.78, 5) is 15.9. The van der Waals surface area contributed by atoms with Crippen LogP contribution in [0.25, 0.3) is 0 Å². The highest BCUT2D eigenvalue weighted by atomic mass is 16.1. The lowest BCUT2D eigenvalue weighted by Crippen LogP contribution is -2.00. The molecule has 0 amide bonds. The lowest BCUT2D eigenvalue weighted by molar-refractivity contribution is 0.104. The van der Waals surface area contributed by atoms with Gasteiger partial charge < -0.3 is 0 Å². The first-order valence-corrected chi connectivity index (χ1v) is 5.33. The molecule has 1 aromatic heterocycles. The summed E-state index contributed by atoms with van der Waals surface area (Å²) in [5.41, 5.74) is 2.87. The number of nitrogens with zero attached hydrogens (tertiary/aromatic N) is 1. The Labute approximate surface area is 91.0 Å². The molecule has 1 heterocycles. The lowest BCUT2D eigenvalue weighted by Gasteiger charge is -2.02. The van der Waals surface area contributed by atoms with E-state index < -0.39 is 0 Å². The minimum atomic E-state index is 0.0688. The monoisotopic (exact) mass is 203 g/mol. The summed E-state index contributed by atoms with van der Waals surface area (Å²) < 4.78 is 0. The van der Waals surface area contributed by atoms with Gasteiger partial charge in [0.1, 0.15) is 0 Å². The number of rotatable bonds is 4. The van der Waals surface area contributed by atoms with Gasteiger partial charge in [0.2, 0.25) is 0 Å². The number of pyridine rings is 1. The minimum absolute atomic E-state index is 0.0688. The molecule has 0 aliphatic carbocycles. The molecule has 0 aromatic carbocycles. The number of carbonyl (C=O) groups excluding carboxylic acids is 1. The number of carbonyl (C=O) groups is 1. The number of aromatic nitrogens is 1. The summed E-state index contributed by atoms with van der Waals surface area (Å²) in [5.74, 6) is 0.0688. The second-order valence-corrected chi connectivity index (χ2v) is 3.56. The van der Waals surface area contributed by atoms with Crippen molar-refractivity contribution in [1.29, 1.82) is 0 Å². The van der Waals surface area contributed by atoms with Gasteiger partial charge in [0.15, 0.2) is 5.78 Å². The van der Waals surface area contributed by atoms with Crippen LogP contribution in [0.5, 0.6) is 0 Å². The molecule has 0 fully saturated rings. The summed E-state index contributed by atoms with van der Waals surface area (Å²) in [7, 11) is 0. The van der Waals surface area contributed by atoms with Crippen LogP contribution in [-0.4, -0.2) is 10.8 Å². The fourth-order valence-corrected chi connectivity index (χ4v) is 1.44. The van der Waals surface area contributed by atoms with Gasteiger partial charge in [-0.1, -0.05) is 19.4 Å². The number of hydrogen-bond donors (Lipinski definition) is 0. The summed E-state index contributed by atoms with van der Waals surface area (Å²) in [6, 6.07) is 1.86. The highest BCUT2D eigenvalue weighted by Crippen LogP contribution is 2.11. The van der Waals surface area contributed by atoms with Gasteiger partial charge in [-0.2, -0.15) is 0 Å². The molecule has 1 aromatic rings. The van der Waals surface area contributed by atoms with Crippen molar-refractivity contribution < 1.29 is 4.79 Å². The summed E-state index contributed by atoms with van der Waals surface area (Å²) in [6.45, 7) is 6.07. The number of ketones is 1. The van der Waals surface area contributed by atoms with E-state index in [1.807, 2.05) is 13.0 Å². The van der Waals surface area contributed by atoms with E-state index in [0.29, 0.717) is 5.56 Å². The summed E-state index contributed by atoms with van der Waals surface area (Å²) in [6.07, 6.45) is 6.95. The molecule has 0 saturated carbocycles. The van der Waals surface area contributed by atoms with Crippen molar-refractivity contribution in [2.45, 2.75) is 33.6 Å². The van der Waals surface area contributed by atoms with Gasteiger partial charge in [0, 0.05) is 18.0 Å². The quantitative estimate of drug-likeness (QED) is 0.555. The third kappa shape index (κ3) is 3.01. The lowest BCUT2D eigenvalue weighted by atomic mass is 10.0. The average Bonchev–Trinajstić information content (AvgIpc) is 2.26. The number of hydrogen-bond acceptors (Lipinski definition) is 2. The Morgan fingerprint density at radius 3 is 2.60 bits per heavy atom. The number of allylic oxidation sites excluding steroid dienone is 2. The summed E-state index contributed by atoms with van der Waals surface area (Å²) in [5, 5.41) is 0. The SMILES string of the molecule is CCC(=CC(=O)c1cnccc1C)CC. The molecule has 0 N–H and O–H groups in total. The molecule has 0 atom stereocenters. The van der Waals surface area contributed by atoms with E-state index in [0.717, 1.165) is 18.4 Å². The van der Waals surface area contributed by atoms with Crippen molar-refractivity contribution >= 4 is 5.78 Å². The van der Waals surface area contributed by atoms with E-state index in [1.165, 1.54) is 5.57 Å². The molecule has 2 heteroatoms. The zero-order valence-corrected chi connectivity index (χ0v) is 9.58. The molecule has 15 heavy (non-hydrogen) atoms.